The van der Waals surface area contributed by atoms with Crippen LogP contribution in [0.5, 0.6) is 17.5 Å². The third kappa shape index (κ3) is 8.17. The third-order valence-electron chi connectivity index (χ3n) is 11.1. The summed E-state index contributed by atoms with van der Waals surface area (Å²) in [7, 11) is 2.11. The van der Waals surface area contributed by atoms with Gasteiger partial charge in [0, 0.05) is 64.1 Å². The second kappa shape index (κ2) is 16.9. The number of ether oxygens (including phenoxy) is 2. The highest BCUT2D eigenvalue weighted by atomic mass is 35.5. The van der Waals surface area contributed by atoms with E-state index >= 15 is 0 Å². The van der Waals surface area contributed by atoms with E-state index in [-0.39, 0.29) is 23.6 Å². The summed E-state index contributed by atoms with van der Waals surface area (Å²) in [4.78, 5) is 31.5. The van der Waals surface area contributed by atoms with Crippen molar-refractivity contribution >= 4 is 56.6 Å². The number of anilines is 2. The fourth-order valence-electron chi connectivity index (χ4n) is 7.92. The summed E-state index contributed by atoms with van der Waals surface area (Å²) in [5.74, 6) is 1.43. The minimum atomic E-state index is -0.0275. The van der Waals surface area contributed by atoms with Crippen LogP contribution in [0.15, 0.2) is 140 Å². The molecule has 0 aliphatic carbocycles. The van der Waals surface area contributed by atoms with Gasteiger partial charge in [-0.1, -0.05) is 96.0 Å². The molecule has 63 heavy (non-hydrogen) atoms. The maximum Gasteiger partial charge on any atom is 0.263 e. The van der Waals surface area contributed by atoms with E-state index in [2.05, 4.69) is 29.1 Å². The zero-order valence-electron chi connectivity index (χ0n) is 34.0. The Bertz CT molecular complexity index is 3170. The lowest BCUT2D eigenvalue weighted by molar-refractivity contribution is 0.110. The van der Waals surface area contributed by atoms with E-state index in [1.807, 2.05) is 121 Å². The van der Waals surface area contributed by atoms with Crippen molar-refractivity contribution in [3.8, 4) is 73.7 Å². The molecule has 9 aromatic rings. The van der Waals surface area contributed by atoms with Gasteiger partial charge in [-0.05, 0) is 80.1 Å². The SMILES string of the molecule is CN1CCC(Oc2nc(-c3cc(Cl)c4ncccc4c3)c(-c3cccc(-c4cnc5c(Cl)cc(-c6nc(Oc7ccccc7)c(N)nc6-c6ccccc6)cc5c4)c3)nc2N)CC1. The molecule has 0 saturated carbocycles. The Morgan fingerprint density at radius 1 is 0.540 bits per heavy atom. The molecule has 1 saturated heterocycles. The molecule has 5 aromatic carbocycles. The Labute approximate surface area is 373 Å². The highest BCUT2D eigenvalue weighted by Gasteiger charge is 2.24. The number of rotatable bonds is 9. The summed E-state index contributed by atoms with van der Waals surface area (Å²) in [6, 6.07) is 40.8. The van der Waals surface area contributed by atoms with Gasteiger partial charge in [-0.3, -0.25) is 9.97 Å². The van der Waals surface area contributed by atoms with E-state index in [4.69, 9.17) is 69.1 Å². The Morgan fingerprint density at radius 3 is 1.84 bits per heavy atom. The Balaban J connectivity index is 1.07. The maximum atomic E-state index is 7.01. The van der Waals surface area contributed by atoms with Crippen molar-refractivity contribution in [3.63, 3.8) is 0 Å². The first-order chi connectivity index (χ1) is 30.7. The van der Waals surface area contributed by atoms with Crippen molar-refractivity contribution in [1.29, 1.82) is 0 Å². The van der Waals surface area contributed by atoms with Crippen LogP contribution in [0.3, 0.4) is 0 Å². The highest BCUT2D eigenvalue weighted by molar-refractivity contribution is 6.36. The van der Waals surface area contributed by atoms with Crippen molar-refractivity contribution in [2.45, 2.75) is 18.9 Å². The number of benzene rings is 5. The highest BCUT2D eigenvalue weighted by Crippen LogP contribution is 2.41. The zero-order chi connectivity index (χ0) is 43.0. The smallest absolute Gasteiger partial charge is 0.263 e. The number of nitrogen functional groups attached to an aromatic ring is 2. The second-order valence-corrected chi connectivity index (χ2v) is 16.3. The van der Waals surface area contributed by atoms with Crippen LogP contribution in [0, 0.1) is 0 Å². The van der Waals surface area contributed by atoms with Crippen LogP contribution >= 0.6 is 23.2 Å². The summed E-state index contributed by atoms with van der Waals surface area (Å²) in [5, 5.41) is 2.62. The van der Waals surface area contributed by atoms with Crippen molar-refractivity contribution in [2.24, 2.45) is 0 Å². The number of likely N-dealkylation sites (tertiary alicyclic amines) is 1. The van der Waals surface area contributed by atoms with Crippen LogP contribution in [0.4, 0.5) is 11.6 Å². The van der Waals surface area contributed by atoms with Crippen molar-refractivity contribution in [2.75, 3.05) is 31.6 Å². The summed E-state index contributed by atoms with van der Waals surface area (Å²) < 4.78 is 12.6. The number of pyridine rings is 2. The number of fused-ring (bicyclic) bond motifs is 2. The predicted octanol–water partition coefficient (Wildman–Crippen LogP) is 11.4. The molecule has 4 aromatic heterocycles. The number of nitrogens with two attached hydrogens (primary N) is 2. The summed E-state index contributed by atoms with van der Waals surface area (Å²) in [6.45, 7) is 1.85. The van der Waals surface area contributed by atoms with E-state index < -0.39 is 0 Å². The van der Waals surface area contributed by atoms with E-state index in [0.717, 1.165) is 64.5 Å². The van der Waals surface area contributed by atoms with Crippen molar-refractivity contribution < 1.29 is 9.47 Å². The maximum absolute atomic E-state index is 7.01. The van der Waals surface area contributed by atoms with Gasteiger partial charge in [0.05, 0.1) is 32.5 Å². The van der Waals surface area contributed by atoms with Crippen LogP contribution in [-0.2, 0) is 0 Å². The van der Waals surface area contributed by atoms with Gasteiger partial charge < -0.3 is 25.8 Å². The minimum Gasteiger partial charge on any atom is -0.472 e. The van der Waals surface area contributed by atoms with Gasteiger partial charge >= 0.3 is 0 Å². The first-order valence-electron chi connectivity index (χ1n) is 20.5. The largest absolute Gasteiger partial charge is 0.472 e. The van der Waals surface area contributed by atoms with Crippen LogP contribution in [0.2, 0.25) is 10.0 Å². The van der Waals surface area contributed by atoms with Gasteiger partial charge in [-0.2, -0.15) is 0 Å². The molecule has 310 valence electrons. The molecule has 0 amide bonds. The zero-order valence-corrected chi connectivity index (χ0v) is 35.6. The van der Waals surface area contributed by atoms with Gasteiger partial charge in [-0.25, -0.2) is 19.9 Å². The molecule has 1 fully saturated rings. The average Bonchev–Trinajstić information content (AvgIpc) is 3.31. The van der Waals surface area contributed by atoms with Gasteiger partial charge in [0.1, 0.15) is 23.2 Å². The van der Waals surface area contributed by atoms with Crippen molar-refractivity contribution in [3.05, 3.63) is 150 Å². The van der Waals surface area contributed by atoms with Crippen molar-refractivity contribution in [1.82, 2.24) is 34.8 Å². The van der Waals surface area contributed by atoms with E-state index in [0.29, 0.717) is 61.0 Å². The van der Waals surface area contributed by atoms with Crippen LogP contribution in [0.1, 0.15) is 12.8 Å². The molecule has 1 aliphatic heterocycles. The number of nitrogens with zero attached hydrogens (tertiary/aromatic N) is 7. The molecule has 1 aliphatic rings. The standard InChI is InChI=1S/C50H39Cl2N9O2/c1-61-20-17-38(18-21-61)63-50-48(54)58-44(46(60-50)34-23-31-14-9-19-55-41(31)39(51)26-34)32-13-8-12-30(22-32)36-25-33-24-35(27-40(52)42(33)56-28-36)45-43(29-10-4-2-5-11-29)57-47(53)49(59-45)62-37-15-6-3-7-16-37/h2-16,19,22-28,38H,17-18,20-21H2,1H3,(H2,53,57)(H2,54,58). The van der Waals surface area contributed by atoms with Crippen LogP contribution < -0.4 is 20.9 Å². The number of halogens is 2. The molecule has 0 bridgehead atoms. The van der Waals surface area contributed by atoms with E-state index in [1.165, 1.54) is 0 Å². The summed E-state index contributed by atoms with van der Waals surface area (Å²) >= 11 is 13.9. The van der Waals surface area contributed by atoms with Gasteiger partial charge in [-0.15, -0.1) is 0 Å². The summed E-state index contributed by atoms with van der Waals surface area (Å²) in [5.41, 5.74) is 21.6. The quantitative estimate of drug-likeness (QED) is 0.143. The predicted molar refractivity (Wildman–Crippen MR) is 252 cm³/mol. The lowest BCUT2D eigenvalue weighted by Crippen LogP contribution is -2.36. The molecule has 0 atom stereocenters. The number of piperidine rings is 1. The van der Waals surface area contributed by atoms with E-state index in [9.17, 15) is 0 Å². The minimum absolute atomic E-state index is 0.0275. The molecule has 4 N–H and O–H groups in total. The molecule has 10 rings (SSSR count). The van der Waals surface area contributed by atoms with Gasteiger partial charge in [0.25, 0.3) is 11.8 Å². The normalized spacial score (nSPS) is 13.4. The molecule has 0 spiro atoms. The number of hydrogen-bond acceptors (Lipinski definition) is 11. The third-order valence-corrected chi connectivity index (χ3v) is 11.7. The van der Waals surface area contributed by atoms with Gasteiger partial charge in [0.2, 0.25) is 0 Å². The van der Waals surface area contributed by atoms with Gasteiger partial charge in [0.15, 0.2) is 11.6 Å². The lowest BCUT2D eigenvalue weighted by Gasteiger charge is -2.29. The molecule has 13 heteroatoms. The Morgan fingerprint density at radius 2 is 1.11 bits per heavy atom. The monoisotopic (exact) mass is 867 g/mol. The second-order valence-electron chi connectivity index (χ2n) is 15.5. The first-order valence-corrected chi connectivity index (χ1v) is 21.2. The molecule has 11 nitrogen and oxygen atoms in total. The molecule has 0 unspecified atom stereocenters. The molecule has 0 radical (unpaired) electrons. The molecular formula is C50H39Cl2N9O2. The van der Waals surface area contributed by atoms with Crippen LogP contribution in [-0.4, -0.2) is 61.0 Å². The Hall–Kier alpha value is -7.18. The first kappa shape index (κ1) is 39.9. The topological polar surface area (TPSA) is 151 Å². The number of para-hydroxylation sites is 1. The fourth-order valence-corrected chi connectivity index (χ4v) is 8.47. The Kier molecular flexibility index (Phi) is 10.7. The molecular weight excluding hydrogens is 830 g/mol. The number of hydrogen-bond donors (Lipinski definition) is 2. The fraction of sp³-hybridized carbons (Fsp3) is 0.120. The number of aromatic nitrogens is 6. The van der Waals surface area contributed by atoms with E-state index in [1.54, 1.807) is 6.20 Å². The summed E-state index contributed by atoms with van der Waals surface area (Å²) in [6.07, 6.45) is 5.24. The average molecular weight is 869 g/mol. The van der Waals surface area contributed by atoms with Crippen LogP contribution in [0.25, 0.3) is 78.0 Å². The molecule has 5 heterocycles. The lowest BCUT2D eigenvalue weighted by atomic mass is 9.97.